The van der Waals surface area contributed by atoms with Crippen LogP contribution in [0.2, 0.25) is 15.1 Å². The van der Waals surface area contributed by atoms with Gasteiger partial charge in [0.25, 0.3) is 5.91 Å². The summed E-state index contributed by atoms with van der Waals surface area (Å²) in [6.45, 7) is 1.49. The Bertz CT molecular complexity index is 1080. The first-order valence-corrected chi connectivity index (χ1v) is 10.7. The van der Waals surface area contributed by atoms with Crippen LogP contribution in [0.25, 0.3) is 6.08 Å². The fraction of sp³-hybridized carbons (Fsp3) is 0.318. The number of carbonyl (C=O) groups excluding carboxylic acids is 1. The molecular weight excluding hydrogens is 515 g/mol. The number of rotatable bonds is 5. The highest BCUT2D eigenvalue weighted by Gasteiger charge is 2.64. The average molecular weight is 531 g/mol. The Balaban J connectivity index is 1.84. The zero-order chi connectivity index (χ0) is 24.8. The highest BCUT2D eigenvalue weighted by molar-refractivity contribution is 6.48. The van der Waals surface area contributed by atoms with Crippen LogP contribution in [0, 0.1) is 6.92 Å². The molecule has 0 aliphatic heterocycles. The molecule has 1 aliphatic carbocycles. The van der Waals surface area contributed by atoms with Gasteiger partial charge >= 0.3 is 12.4 Å². The zero-order valence-electron chi connectivity index (χ0n) is 16.8. The fourth-order valence-electron chi connectivity index (χ4n) is 3.31. The minimum Gasteiger partial charge on any atom is -0.338 e. The molecule has 2 aromatic carbocycles. The van der Waals surface area contributed by atoms with Crippen molar-refractivity contribution in [2.45, 2.75) is 43.6 Å². The average Bonchev–Trinajstić information content (AvgIpc) is 3.45. The molecule has 1 saturated carbocycles. The summed E-state index contributed by atoms with van der Waals surface area (Å²) >= 11 is 17.5. The zero-order valence-corrected chi connectivity index (χ0v) is 19.1. The molecular formula is C22H16Cl3F6NO. The summed E-state index contributed by atoms with van der Waals surface area (Å²) in [5.41, 5.74) is -1.79. The summed E-state index contributed by atoms with van der Waals surface area (Å²) in [5, 5.41) is 1.71. The van der Waals surface area contributed by atoms with Gasteiger partial charge in [-0.3, -0.25) is 4.79 Å². The van der Waals surface area contributed by atoms with E-state index in [0.717, 1.165) is 18.2 Å². The van der Waals surface area contributed by atoms with E-state index in [1.165, 1.54) is 31.2 Å². The molecule has 2 nitrogen and oxygen atoms in total. The maximum absolute atomic E-state index is 13.7. The molecule has 1 unspecified atom stereocenters. The maximum Gasteiger partial charge on any atom is 0.411 e. The van der Waals surface area contributed by atoms with Gasteiger partial charge in [-0.2, -0.15) is 26.3 Å². The lowest BCUT2D eigenvalue weighted by atomic mass is 9.96. The van der Waals surface area contributed by atoms with E-state index in [1.54, 1.807) is 0 Å². The van der Waals surface area contributed by atoms with E-state index in [9.17, 15) is 31.1 Å². The Morgan fingerprint density at radius 2 is 1.61 bits per heavy atom. The van der Waals surface area contributed by atoms with Crippen LogP contribution >= 0.6 is 34.8 Å². The molecule has 11 heteroatoms. The normalized spacial score (nSPS) is 16.7. The lowest BCUT2D eigenvalue weighted by molar-refractivity contribution is -0.163. The number of allylic oxidation sites excluding steroid dienone is 1. The van der Waals surface area contributed by atoms with Gasteiger partial charge in [0, 0.05) is 5.56 Å². The predicted octanol–water partition coefficient (Wildman–Crippen LogP) is 8.14. The second kappa shape index (κ2) is 9.04. The topological polar surface area (TPSA) is 29.1 Å². The number of hydrogen-bond donors (Lipinski definition) is 1. The van der Waals surface area contributed by atoms with Crippen LogP contribution in [-0.2, 0) is 0 Å². The van der Waals surface area contributed by atoms with Crippen LogP contribution in [0.15, 0.2) is 36.4 Å². The molecule has 1 aliphatic rings. The number of alkyl halides is 6. The van der Waals surface area contributed by atoms with Crippen LogP contribution in [0.3, 0.4) is 0 Å². The summed E-state index contributed by atoms with van der Waals surface area (Å²) in [7, 11) is 0. The Kier molecular flexibility index (Phi) is 7.05. The summed E-state index contributed by atoms with van der Waals surface area (Å²) < 4.78 is 80.2. The van der Waals surface area contributed by atoms with Crippen molar-refractivity contribution in [1.82, 2.24) is 5.32 Å². The Hall–Kier alpha value is -1.90. The standard InChI is InChI=1S/C22H16Cl3F6NO/c1-11-8-12(2-4-14(11)19(33)32-20(6-7-20)22(29,30)31)3-5-15(21(26,27)28)13-9-16(23)18(25)17(24)10-13/h2-5,8-10,15H,6-7H2,1H3,(H,32,33)/b5-3+. The monoisotopic (exact) mass is 529 g/mol. The number of benzene rings is 2. The Morgan fingerprint density at radius 3 is 2.06 bits per heavy atom. The molecule has 2 aromatic rings. The van der Waals surface area contributed by atoms with Crippen LogP contribution in [-0.4, -0.2) is 23.8 Å². The highest BCUT2D eigenvalue weighted by atomic mass is 35.5. The Morgan fingerprint density at radius 1 is 1.03 bits per heavy atom. The van der Waals surface area contributed by atoms with E-state index in [0.29, 0.717) is 11.1 Å². The molecule has 3 rings (SSSR count). The van der Waals surface area contributed by atoms with Gasteiger partial charge in [-0.1, -0.05) is 59.1 Å². The third kappa shape index (κ3) is 5.61. The predicted molar refractivity (Wildman–Crippen MR) is 116 cm³/mol. The van der Waals surface area contributed by atoms with Gasteiger partial charge in [0.1, 0.15) is 5.54 Å². The summed E-state index contributed by atoms with van der Waals surface area (Å²) in [6, 6.07) is 6.18. The quantitative estimate of drug-likeness (QED) is 0.307. The van der Waals surface area contributed by atoms with Gasteiger partial charge in [0.15, 0.2) is 0 Å². The highest BCUT2D eigenvalue weighted by Crippen LogP contribution is 2.49. The smallest absolute Gasteiger partial charge is 0.338 e. The number of aryl methyl sites for hydroxylation is 1. The molecule has 0 aromatic heterocycles. The molecule has 1 atom stereocenters. The van der Waals surface area contributed by atoms with Gasteiger partial charge < -0.3 is 5.32 Å². The van der Waals surface area contributed by atoms with Crippen LogP contribution in [0.1, 0.15) is 45.8 Å². The minimum atomic E-state index is -4.66. The van der Waals surface area contributed by atoms with E-state index in [1.807, 2.05) is 5.32 Å². The van der Waals surface area contributed by atoms with Crippen LogP contribution in [0.5, 0.6) is 0 Å². The van der Waals surface area contributed by atoms with Crippen molar-refractivity contribution in [3.05, 3.63) is 73.7 Å². The minimum absolute atomic E-state index is 0.00584. The molecule has 0 saturated heterocycles. The van der Waals surface area contributed by atoms with E-state index in [4.69, 9.17) is 34.8 Å². The molecule has 178 valence electrons. The third-order valence-corrected chi connectivity index (χ3v) is 6.54. The lowest BCUT2D eigenvalue weighted by Gasteiger charge is -2.21. The molecule has 1 N–H and O–H groups in total. The van der Waals surface area contributed by atoms with Gasteiger partial charge in [0.2, 0.25) is 0 Å². The first-order valence-electron chi connectivity index (χ1n) is 9.54. The third-order valence-electron chi connectivity index (χ3n) is 5.34. The van der Waals surface area contributed by atoms with E-state index < -0.39 is 29.7 Å². The molecule has 1 fully saturated rings. The molecule has 0 spiro atoms. The van der Waals surface area contributed by atoms with Crippen molar-refractivity contribution in [2.75, 3.05) is 0 Å². The van der Waals surface area contributed by atoms with Gasteiger partial charge in [0.05, 0.1) is 21.0 Å². The van der Waals surface area contributed by atoms with Crippen molar-refractivity contribution in [3.63, 3.8) is 0 Å². The van der Waals surface area contributed by atoms with Crippen molar-refractivity contribution in [2.24, 2.45) is 0 Å². The van der Waals surface area contributed by atoms with Crippen molar-refractivity contribution >= 4 is 46.8 Å². The maximum atomic E-state index is 13.7. The van der Waals surface area contributed by atoms with E-state index in [-0.39, 0.29) is 39.0 Å². The second-order valence-corrected chi connectivity index (χ2v) is 8.98. The number of amides is 1. The number of nitrogens with one attached hydrogen (secondary N) is 1. The fourth-order valence-corrected chi connectivity index (χ4v) is 3.92. The number of halogens is 9. The summed E-state index contributed by atoms with van der Waals surface area (Å²) in [5.74, 6) is -2.94. The van der Waals surface area contributed by atoms with Gasteiger partial charge in [-0.05, 0) is 54.7 Å². The summed E-state index contributed by atoms with van der Waals surface area (Å²) in [6.07, 6.45) is -7.52. The second-order valence-electron chi connectivity index (χ2n) is 7.79. The SMILES string of the molecule is Cc1cc(/C=C/C(c2cc(Cl)c(Cl)c(Cl)c2)C(F)(F)F)ccc1C(=O)NC1(C(F)(F)F)CC1. The molecule has 0 heterocycles. The largest absolute Gasteiger partial charge is 0.411 e. The van der Waals surface area contributed by atoms with Crippen molar-refractivity contribution in [3.8, 4) is 0 Å². The van der Waals surface area contributed by atoms with Crippen LogP contribution in [0.4, 0.5) is 26.3 Å². The van der Waals surface area contributed by atoms with E-state index >= 15 is 0 Å². The van der Waals surface area contributed by atoms with E-state index in [2.05, 4.69) is 0 Å². The lowest BCUT2D eigenvalue weighted by Crippen LogP contribution is -2.48. The first-order chi connectivity index (χ1) is 15.1. The molecule has 0 bridgehead atoms. The van der Waals surface area contributed by atoms with Crippen LogP contribution < -0.4 is 5.32 Å². The first kappa shape index (κ1) is 25.7. The van der Waals surface area contributed by atoms with Crippen molar-refractivity contribution in [1.29, 1.82) is 0 Å². The number of hydrogen-bond acceptors (Lipinski definition) is 1. The number of carbonyl (C=O) groups is 1. The molecule has 1 amide bonds. The van der Waals surface area contributed by atoms with Gasteiger partial charge in [-0.15, -0.1) is 0 Å². The Labute approximate surface area is 200 Å². The van der Waals surface area contributed by atoms with Crippen molar-refractivity contribution < 1.29 is 31.1 Å². The molecule has 33 heavy (non-hydrogen) atoms. The van der Waals surface area contributed by atoms with Gasteiger partial charge in [-0.25, -0.2) is 0 Å². The molecule has 0 radical (unpaired) electrons. The summed E-state index contributed by atoms with van der Waals surface area (Å²) in [4.78, 5) is 12.3.